The van der Waals surface area contributed by atoms with Gasteiger partial charge in [0.15, 0.2) is 0 Å². The number of hydrogen-bond acceptors (Lipinski definition) is 1. The molecular formula is C27H45N. The van der Waals surface area contributed by atoms with Gasteiger partial charge in [0.25, 0.3) is 0 Å². The van der Waals surface area contributed by atoms with Crippen molar-refractivity contribution in [2.45, 2.75) is 93.9 Å². The van der Waals surface area contributed by atoms with E-state index in [9.17, 15) is 0 Å². The Morgan fingerprint density at radius 2 is 1.57 bits per heavy atom. The third-order valence-corrected chi connectivity index (χ3v) is 4.08. The molecule has 0 amide bonds. The Balaban J connectivity index is 0. The topological polar surface area (TPSA) is 12.4 Å². The van der Waals surface area contributed by atoms with Crippen molar-refractivity contribution in [1.29, 1.82) is 0 Å². The second-order valence-corrected chi connectivity index (χ2v) is 6.03. The van der Waals surface area contributed by atoms with Gasteiger partial charge in [-0.1, -0.05) is 110 Å². The molecule has 0 heterocycles. The zero-order chi connectivity index (χ0) is 21.6. The molecule has 1 aromatic carbocycles. The fourth-order valence-electron chi connectivity index (χ4n) is 2.51. The van der Waals surface area contributed by atoms with Crippen LogP contribution in [0.25, 0.3) is 5.57 Å². The average Bonchev–Trinajstić information content (AvgIpc) is 2.79. The van der Waals surface area contributed by atoms with Crippen molar-refractivity contribution in [3.05, 3.63) is 65.4 Å². The lowest BCUT2D eigenvalue weighted by Gasteiger charge is -2.11. The molecule has 0 saturated heterocycles. The van der Waals surface area contributed by atoms with Crippen LogP contribution in [-0.4, -0.2) is 6.21 Å². The maximum absolute atomic E-state index is 4.63. The fourth-order valence-corrected chi connectivity index (χ4v) is 2.51. The van der Waals surface area contributed by atoms with Crippen LogP contribution in [0.1, 0.15) is 99.5 Å². The summed E-state index contributed by atoms with van der Waals surface area (Å²) >= 11 is 0. The van der Waals surface area contributed by atoms with Gasteiger partial charge in [0.2, 0.25) is 0 Å². The van der Waals surface area contributed by atoms with E-state index in [0.29, 0.717) is 0 Å². The van der Waals surface area contributed by atoms with Crippen molar-refractivity contribution in [3.63, 3.8) is 0 Å². The zero-order valence-electron chi connectivity index (χ0n) is 19.9. The Morgan fingerprint density at radius 1 is 0.964 bits per heavy atom. The standard InChI is InChI=1S/C18H21N.C5H12.2C2H6/c1-3-15(4-2)14-19-18-12-8-11-17(13-18)16-9-6-5-7-10-16;1-3-5-4-2;2*1-2/h3,5-7,9-11,13-14H,4,8,12H2,1-2H3;3-5H2,1-2H3;2*1-2H3/b15-3-,19-14?;;;. The number of hydrogen-bond donors (Lipinski definition) is 0. The smallest absolute Gasteiger partial charge is 0.0412 e. The molecule has 1 aromatic rings. The number of allylic oxidation sites excluding steroid dienone is 6. The SMILES string of the molecule is C/C=C(\C=NC1=CC(c2ccccc2)=CCC1)CC.CC.CC.CCCCC. The van der Waals surface area contributed by atoms with E-state index < -0.39 is 0 Å². The summed E-state index contributed by atoms with van der Waals surface area (Å²) in [4.78, 5) is 4.63. The molecule has 0 spiro atoms. The summed E-state index contributed by atoms with van der Waals surface area (Å²) in [6.45, 7) is 16.6. The van der Waals surface area contributed by atoms with Crippen molar-refractivity contribution >= 4 is 11.8 Å². The highest BCUT2D eigenvalue weighted by molar-refractivity contribution is 5.81. The van der Waals surface area contributed by atoms with Crippen LogP contribution in [0.4, 0.5) is 0 Å². The Labute approximate surface area is 176 Å². The minimum absolute atomic E-state index is 1.04. The number of unbranched alkanes of at least 4 members (excludes halogenated alkanes) is 2. The first-order valence-corrected chi connectivity index (χ1v) is 11.4. The van der Waals surface area contributed by atoms with E-state index in [1.165, 1.54) is 41.7 Å². The molecule has 0 aliphatic heterocycles. The molecule has 0 atom stereocenters. The highest BCUT2D eigenvalue weighted by Crippen LogP contribution is 2.25. The van der Waals surface area contributed by atoms with Crippen LogP contribution >= 0.6 is 0 Å². The highest BCUT2D eigenvalue weighted by Gasteiger charge is 2.05. The van der Waals surface area contributed by atoms with E-state index in [0.717, 1.165) is 19.3 Å². The van der Waals surface area contributed by atoms with Gasteiger partial charge in [-0.2, -0.15) is 0 Å². The molecule has 0 N–H and O–H groups in total. The predicted molar refractivity (Wildman–Crippen MR) is 132 cm³/mol. The number of aliphatic imine (C=N–C) groups is 1. The molecule has 0 radical (unpaired) electrons. The van der Waals surface area contributed by atoms with E-state index in [-0.39, 0.29) is 0 Å². The summed E-state index contributed by atoms with van der Waals surface area (Å²) in [6.07, 6.45) is 15.9. The maximum atomic E-state index is 4.63. The molecular weight excluding hydrogens is 338 g/mol. The van der Waals surface area contributed by atoms with Crippen LogP contribution in [0.3, 0.4) is 0 Å². The third kappa shape index (κ3) is 13.3. The lowest BCUT2D eigenvalue weighted by atomic mass is 9.98. The fraction of sp³-hybridized carbons (Fsp3) is 0.519. The van der Waals surface area contributed by atoms with Gasteiger partial charge in [-0.25, -0.2) is 0 Å². The van der Waals surface area contributed by atoms with Crippen LogP contribution < -0.4 is 0 Å². The largest absolute Gasteiger partial charge is 0.261 e. The van der Waals surface area contributed by atoms with Crippen molar-refractivity contribution in [1.82, 2.24) is 0 Å². The Bertz CT molecular complexity index is 572. The van der Waals surface area contributed by atoms with Gasteiger partial charge in [0, 0.05) is 11.9 Å². The summed E-state index contributed by atoms with van der Waals surface area (Å²) < 4.78 is 0. The molecule has 0 unspecified atom stereocenters. The summed E-state index contributed by atoms with van der Waals surface area (Å²) in [5.41, 5.74) is 5.03. The Kier molecular flexibility index (Phi) is 21.7. The molecule has 0 fully saturated rings. The van der Waals surface area contributed by atoms with Crippen molar-refractivity contribution < 1.29 is 0 Å². The van der Waals surface area contributed by atoms with Crippen LogP contribution in [0.2, 0.25) is 0 Å². The lowest BCUT2D eigenvalue weighted by molar-refractivity contribution is 0.772. The second-order valence-electron chi connectivity index (χ2n) is 6.03. The molecule has 2 rings (SSSR count). The van der Waals surface area contributed by atoms with Crippen LogP contribution in [0, 0.1) is 0 Å². The number of benzene rings is 1. The summed E-state index contributed by atoms with van der Waals surface area (Å²) in [6, 6.07) is 10.5. The van der Waals surface area contributed by atoms with E-state index in [1.54, 1.807) is 0 Å². The van der Waals surface area contributed by atoms with Gasteiger partial charge in [0.05, 0.1) is 0 Å². The lowest BCUT2D eigenvalue weighted by Crippen LogP contribution is -1.92. The third-order valence-electron chi connectivity index (χ3n) is 4.08. The van der Waals surface area contributed by atoms with Gasteiger partial charge in [-0.3, -0.25) is 4.99 Å². The summed E-state index contributed by atoms with van der Waals surface area (Å²) in [5.74, 6) is 0. The van der Waals surface area contributed by atoms with Gasteiger partial charge in [0.1, 0.15) is 0 Å². The summed E-state index contributed by atoms with van der Waals surface area (Å²) in [7, 11) is 0. The minimum atomic E-state index is 1.04. The molecule has 1 nitrogen and oxygen atoms in total. The quantitative estimate of drug-likeness (QED) is 0.434. The van der Waals surface area contributed by atoms with E-state index in [2.05, 4.69) is 81.2 Å². The van der Waals surface area contributed by atoms with Gasteiger partial charge < -0.3 is 0 Å². The van der Waals surface area contributed by atoms with Crippen LogP contribution in [-0.2, 0) is 0 Å². The number of rotatable bonds is 6. The Morgan fingerprint density at radius 3 is 2.04 bits per heavy atom. The van der Waals surface area contributed by atoms with E-state index in [1.807, 2.05) is 33.9 Å². The van der Waals surface area contributed by atoms with Crippen molar-refractivity contribution in [3.8, 4) is 0 Å². The molecule has 28 heavy (non-hydrogen) atoms. The molecule has 1 aliphatic carbocycles. The van der Waals surface area contributed by atoms with E-state index >= 15 is 0 Å². The predicted octanol–water partition coefficient (Wildman–Crippen LogP) is 9.42. The minimum Gasteiger partial charge on any atom is -0.261 e. The summed E-state index contributed by atoms with van der Waals surface area (Å²) in [5, 5.41) is 0. The molecule has 158 valence electrons. The Hall–Kier alpha value is -1.89. The molecule has 1 aliphatic rings. The highest BCUT2D eigenvalue weighted by atomic mass is 14.7. The first kappa shape index (κ1) is 28.3. The molecule has 1 heteroatoms. The monoisotopic (exact) mass is 383 g/mol. The number of nitrogens with zero attached hydrogens (tertiary/aromatic N) is 1. The zero-order valence-corrected chi connectivity index (χ0v) is 19.9. The van der Waals surface area contributed by atoms with Crippen molar-refractivity contribution in [2.75, 3.05) is 0 Å². The second kappa shape index (κ2) is 21.4. The first-order chi connectivity index (χ1) is 13.7. The first-order valence-electron chi connectivity index (χ1n) is 11.4. The molecule has 0 bridgehead atoms. The molecule has 0 saturated carbocycles. The van der Waals surface area contributed by atoms with Gasteiger partial charge in [-0.05, 0) is 49.0 Å². The van der Waals surface area contributed by atoms with Crippen LogP contribution in [0.5, 0.6) is 0 Å². The van der Waals surface area contributed by atoms with Gasteiger partial charge in [-0.15, -0.1) is 0 Å². The normalized spacial score (nSPS) is 13.1. The van der Waals surface area contributed by atoms with E-state index in [4.69, 9.17) is 0 Å². The van der Waals surface area contributed by atoms with Crippen molar-refractivity contribution in [2.24, 2.45) is 4.99 Å². The average molecular weight is 384 g/mol. The molecule has 0 aromatic heterocycles. The maximum Gasteiger partial charge on any atom is 0.0412 e. The van der Waals surface area contributed by atoms with Gasteiger partial charge >= 0.3 is 0 Å². The van der Waals surface area contributed by atoms with Crippen LogP contribution in [0.15, 0.2) is 64.8 Å².